The summed E-state index contributed by atoms with van der Waals surface area (Å²) in [4.78, 5) is 13.5. The van der Waals surface area contributed by atoms with Gasteiger partial charge in [-0.05, 0) is 57.3 Å². The van der Waals surface area contributed by atoms with Crippen LogP contribution in [0.5, 0.6) is 0 Å². The van der Waals surface area contributed by atoms with Crippen LogP contribution in [0.1, 0.15) is 17.5 Å². The van der Waals surface area contributed by atoms with Crippen molar-refractivity contribution >= 4 is 5.71 Å². The molecule has 0 radical (unpaired) electrons. The Morgan fingerprint density at radius 1 is 1.07 bits per heavy atom. The minimum atomic E-state index is -0.0334. The van der Waals surface area contributed by atoms with Gasteiger partial charge in [-0.2, -0.15) is 0 Å². The summed E-state index contributed by atoms with van der Waals surface area (Å²) >= 11 is 0. The van der Waals surface area contributed by atoms with E-state index in [1.807, 2.05) is 24.5 Å². The zero-order valence-corrected chi connectivity index (χ0v) is 16.3. The highest BCUT2D eigenvalue weighted by Gasteiger charge is 2.18. The van der Waals surface area contributed by atoms with Gasteiger partial charge in [0.05, 0.1) is 5.71 Å². The van der Waals surface area contributed by atoms with Crippen molar-refractivity contribution < 1.29 is 0 Å². The number of nitrogens with zero attached hydrogens (tertiary/aromatic N) is 4. The third-order valence-corrected chi connectivity index (χ3v) is 4.59. The number of pyridine rings is 1. The summed E-state index contributed by atoms with van der Waals surface area (Å²) in [6, 6.07) is 14.6. The summed E-state index contributed by atoms with van der Waals surface area (Å²) in [5.41, 5.74) is 3.48. The zero-order chi connectivity index (χ0) is 18.9. The fourth-order valence-electron chi connectivity index (χ4n) is 3.03. The molecule has 0 spiro atoms. The number of rotatable bonds is 9. The van der Waals surface area contributed by atoms with E-state index >= 15 is 0 Å². The highest BCUT2D eigenvalue weighted by Crippen LogP contribution is 2.12. The lowest BCUT2D eigenvalue weighted by Crippen LogP contribution is -2.46. The molecule has 1 N–H and O–H groups in total. The predicted octanol–water partition coefficient (Wildman–Crippen LogP) is 2.77. The van der Waals surface area contributed by atoms with Crippen LogP contribution in [0.3, 0.4) is 0 Å². The van der Waals surface area contributed by atoms with Crippen molar-refractivity contribution in [1.82, 2.24) is 20.1 Å². The Labute approximate surface area is 162 Å². The Kier molecular flexibility index (Phi) is 7.13. The van der Waals surface area contributed by atoms with Crippen LogP contribution in [0.25, 0.3) is 0 Å². The number of benzene rings is 1. The lowest BCUT2D eigenvalue weighted by Gasteiger charge is -2.32. The predicted molar refractivity (Wildman–Crippen MR) is 112 cm³/mol. The summed E-state index contributed by atoms with van der Waals surface area (Å²) in [6.45, 7) is 2.86. The van der Waals surface area contributed by atoms with Crippen LogP contribution in [-0.2, 0) is 6.42 Å². The third-order valence-electron chi connectivity index (χ3n) is 4.59. The van der Waals surface area contributed by atoms with Gasteiger partial charge in [-0.1, -0.05) is 30.3 Å². The standard InChI is InChI=1S/C22H29N5/c1-26(2)17-18-27-16-12-21(20-10-14-23-15-11-20)25-22(27)24-13-6-9-19-7-4-3-5-8-19/h3-5,7-8,10-12,14-16,22,24H,6,9,13,17-18H2,1-2H3. The van der Waals surface area contributed by atoms with Crippen molar-refractivity contribution in [3.05, 3.63) is 78.3 Å². The van der Waals surface area contributed by atoms with Gasteiger partial charge in [0, 0.05) is 37.2 Å². The molecule has 1 aromatic heterocycles. The average Bonchev–Trinajstić information content (AvgIpc) is 2.71. The quantitative estimate of drug-likeness (QED) is 0.696. The van der Waals surface area contributed by atoms with Gasteiger partial charge >= 0.3 is 0 Å². The van der Waals surface area contributed by atoms with Gasteiger partial charge in [-0.25, -0.2) is 4.99 Å². The molecular weight excluding hydrogens is 334 g/mol. The van der Waals surface area contributed by atoms with E-state index in [-0.39, 0.29) is 6.29 Å². The minimum absolute atomic E-state index is 0.0334. The maximum absolute atomic E-state index is 4.95. The summed E-state index contributed by atoms with van der Waals surface area (Å²) in [6.07, 6.45) is 10.0. The maximum Gasteiger partial charge on any atom is 0.176 e. The van der Waals surface area contributed by atoms with Gasteiger partial charge in [0.1, 0.15) is 0 Å². The normalized spacial score (nSPS) is 16.6. The smallest absolute Gasteiger partial charge is 0.176 e. The average molecular weight is 364 g/mol. The summed E-state index contributed by atoms with van der Waals surface area (Å²) in [7, 11) is 4.20. The zero-order valence-electron chi connectivity index (χ0n) is 16.3. The Morgan fingerprint density at radius 2 is 1.85 bits per heavy atom. The molecule has 142 valence electrons. The van der Waals surface area contributed by atoms with E-state index in [9.17, 15) is 0 Å². The third kappa shape index (κ3) is 6.01. The van der Waals surface area contributed by atoms with Crippen molar-refractivity contribution in [2.24, 2.45) is 4.99 Å². The van der Waals surface area contributed by atoms with Crippen molar-refractivity contribution in [2.75, 3.05) is 33.7 Å². The van der Waals surface area contributed by atoms with E-state index in [1.165, 1.54) is 5.56 Å². The topological polar surface area (TPSA) is 43.8 Å². The van der Waals surface area contributed by atoms with Crippen molar-refractivity contribution in [3.8, 4) is 0 Å². The van der Waals surface area contributed by atoms with E-state index in [2.05, 4.69) is 76.8 Å². The van der Waals surface area contributed by atoms with Crippen molar-refractivity contribution in [3.63, 3.8) is 0 Å². The molecule has 3 rings (SSSR count). The molecule has 0 amide bonds. The highest BCUT2D eigenvalue weighted by molar-refractivity contribution is 6.08. The Balaban J connectivity index is 1.60. The second-order valence-electron chi connectivity index (χ2n) is 7.02. The summed E-state index contributed by atoms with van der Waals surface area (Å²) in [5, 5.41) is 3.62. The monoisotopic (exact) mass is 363 g/mol. The molecule has 5 heteroatoms. The van der Waals surface area contributed by atoms with Crippen LogP contribution in [0.2, 0.25) is 0 Å². The first-order valence-corrected chi connectivity index (χ1v) is 9.56. The number of likely N-dealkylation sites (N-methyl/N-ethyl adjacent to an activating group) is 1. The maximum atomic E-state index is 4.95. The molecule has 5 nitrogen and oxygen atoms in total. The molecular formula is C22H29N5. The van der Waals surface area contributed by atoms with Gasteiger partial charge in [-0.3, -0.25) is 10.3 Å². The number of aromatic nitrogens is 1. The second kappa shape index (κ2) is 10.00. The van der Waals surface area contributed by atoms with Gasteiger partial charge < -0.3 is 9.80 Å². The van der Waals surface area contributed by atoms with Gasteiger partial charge in [-0.15, -0.1) is 0 Å². The molecule has 1 aliphatic rings. The number of hydrogen-bond donors (Lipinski definition) is 1. The lowest BCUT2D eigenvalue weighted by molar-refractivity contribution is 0.215. The molecule has 1 aliphatic heterocycles. The highest BCUT2D eigenvalue weighted by atomic mass is 15.4. The lowest BCUT2D eigenvalue weighted by atomic mass is 10.1. The SMILES string of the molecule is CN(C)CCN1C=CC(c2ccncc2)=NC1NCCCc1ccccc1. The molecule has 1 atom stereocenters. The molecule has 2 heterocycles. The Bertz CT molecular complexity index is 740. The van der Waals surface area contributed by atoms with Crippen LogP contribution in [0.4, 0.5) is 0 Å². The van der Waals surface area contributed by atoms with Crippen LogP contribution >= 0.6 is 0 Å². The largest absolute Gasteiger partial charge is 0.343 e. The van der Waals surface area contributed by atoms with Crippen LogP contribution < -0.4 is 5.32 Å². The Morgan fingerprint density at radius 3 is 2.59 bits per heavy atom. The fourth-order valence-corrected chi connectivity index (χ4v) is 3.03. The van der Waals surface area contributed by atoms with E-state index in [0.717, 1.165) is 43.8 Å². The first-order valence-electron chi connectivity index (χ1n) is 9.56. The van der Waals surface area contributed by atoms with Crippen LogP contribution in [0.15, 0.2) is 72.1 Å². The van der Waals surface area contributed by atoms with Crippen LogP contribution in [0, 0.1) is 0 Å². The molecule has 0 fully saturated rings. The number of aliphatic imine (C=N–C) groups is 1. The van der Waals surface area contributed by atoms with E-state index < -0.39 is 0 Å². The summed E-state index contributed by atoms with van der Waals surface area (Å²) < 4.78 is 0. The molecule has 1 unspecified atom stereocenters. The first kappa shape index (κ1) is 19.3. The number of hydrogen-bond acceptors (Lipinski definition) is 5. The van der Waals surface area contributed by atoms with Gasteiger partial charge in [0.15, 0.2) is 6.29 Å². The van der Waals surface area contributed by atoms with Gasteiger partial charge in [0.25, 0.3) is 0 Å². The van der Waals surface area contributed by atoms with Crippen molar-refractivity contribution in [1.29, 1.82) is 0 Å². The molecule has 27 heavy (non-hydrogen) atoms. The molecule has 2 aromatic rings. The Hall–Kier alpha value is -2.50. The number of allylic oxidation sites excluding steroid dienone is 1. The van der Waals surface area contributed by atoms with Crippen molar-refractivity contribution in [2.45, 2.75) is 19.1 Å². The molecule has 0 saturated carbocycles. The van der Waals surface area contributed by atoms with E-state index in [4.69, 9.17) is 4.99 Å². The molecule has 0 bridgehead atoms. The molecule has 1 aromatic carbocycles. The number of aryl methyl sites for hydroxylation is 1. The molecule has 0 saturated heterocycles. The van der Waals surface area contributed by atoms with Gasteiger partial charge in [0.2, 0.25) is 0 Å². The summed E-state index contributed by atoms with van der Waals surface area (Å²) in [5.74, 6) is 0. The minimum Gasteiger partial charge on any atom is -0.343 e. The molecule has 0 aliphatic carbocycles. The van der Waals surface area contributed by atoms with E-state index in [0.29, 0.717) is 0 Å². The van der Waals surface area contributed by atoms with E-state index in [1.54, 1.807) is 0 Å². The first-order chi connectivity index (χ1) is 13.2. The van der Waals surface area contributed by atoms with Crippen LogP contribution in [-0.4, -0.2) is 60.5 Å². The second-order valence-corrected chi connectivity index (χ2v) is 7.02. The number of nitrogens with one attached hydrogen (secondary N) is 1. The fraction of sp³-hybridized carbons (Fsp3) is 0.364.